The number of hydrogen-bond acceptors (Lipinski definition) is 0. The van der Waals surface area contributed by atoms with E-state index in [4.69, 9.17) is 0 Å². The van der Waals surface area contributed by atoms with Crippen molar-refractivity contribution < 1.29 is 0 Å². The van der Waals surface area contributed by atoms with Crippen LogP contribution < -0.4 is 0 Å². The number of hydrogen-bond donors (Lipinski definition) is 0. The van der Waals surface area contributed by atoms with E-state index in [2.05, 4.69) is 20.8 Å². The summed E-state index contributed by atoms with van der Waals surface area (Å²) < 4.78 is 0. The Hall–Kier alpha value is 0. The summed E-state index contributed by atoms with van der Waals surface area (Å²) in [6, 6.07) is 0. The fraction of sp³-hybridized carbons (Fsp3) is 0.933. The second-order valence-electron chi connectivity index (χ2n) is 9.98. The van der Waals surface area contributed by atoms with Crippen LogP contribution in [0.1, 0.15) is 174 Å². The van der Waals surface area contributed by atoms with Crippen LogP contribution in [0.15, 0.2) is 0 Å². The van der Waals surface area contributed by atoms with E-state index in [0.717, 1.165) is 18.8 Å². The van der Waals surface area contributed by atoms with E-state index in [0.29, 0.717) is 0 Å². The molecule has 0 nitrogen and oxygen atoms in total. The maximum absolute atomic E-state index is 3.93. The molecule has 0 aromatic carbocycles. The van der Waals surface area contributed by atoms with Crippen LogP contribution in [-0.2, 0) is 0 Å². The van der Waals surface area contributed by atoms with E-state index in [9.17, 15) is 0 Å². The van der Waals surface area contributed by atoms with Crippen molar-refractivity contribution in [2.45, 2.75) is 174 Å². The van der Waals surface area contributed by atoms with Crippen molar-refractivity contribution >= 4 is 0 Å². The van der Waals surface area contributed by atoms with Gasteiger partial charge in [0.05, 0.1) is 0 Å². The van der Waals surface area contributed by atoms with Gasteiger partial charge in [0.1, 0.15) is 0 Å². The summed E-state index contributed by atoms with van der Waals surface area (Å²) in [5.74, 6) is 1.01. The van der Waals surface area contributed by atoms with Crippen LogP contribution in [0.4, 0.5) is 0 Å². The van der Waals surface area contributed by atoms with Crippen LogP contribution in [-0.4, -0.2) is 0 Å². The van der Waals surface area contributed by atoms with Gasteiger partial charge in [0, 0.05) is 0 Å². The molecule has 2 radical (unpaired) electrons. The summed E-state index contributed by atoms with van der Waals surface area (Å²) in [7, 11) is 0. The lowest BCUT2D eigenvalue weighted by atomic mass is 9.92. The lowest BCUT2D eigenvalue weighted by molar-refractivity contribution is 0.392. The van der Waals surface area contributed by atoms with E-state index >= 15 is 0 Å². The van der Waals surface area contributed by atoms with Crippen molar-refractivity contribution in [2.24, 2.45) is 5.92 Å². The number of rotatable bonds is 26. The van der Waals surface area contributed by atoms with Gasteiger partial charge in [-0.3, -0.25) is 0 Å². The van der Waals surface area contributed by atoms with Crippen molar-refractivity contribution in [3.8, 4) is 0 Å². The van der Waals surface area contributed by atoms with Crippen molar-refractivity contribution in [1.29, 1.82) is 0 Å². The highest BCUT2D eigenvalue weighted by Crippen LogP contribution is 2.22. The highest BCUT2D eigenvalue weighted by molar-refractivity contribution is 4.59. The average Bonchev–Trinajstić information content (AvgIpc) is 2.76. The Morgan fingerprint density at radius 1 is 0.367 bits per heavy atom. The molecule has 0 saturated heterocycles. The minimum Gasteiger partial charge on any atom is -0.0651 e. The zero-order valence-corrected chi connectivity index (χ0v) is 21.4. The Morgan fingerprint density at radius 3 is 0.833 bits per heavy atom. The summed E-state index contributed by atoms with van der Waals surface area (Å²) in [5.41, 5.74) is 0. The average molecular weight is 421 g/mol. The van der Waals surface area contributed by atoms with Crippen LogP contribution >= 0.6 is 0 Å². The van der Waals surface area contributed by atoms with Gasteiger partial charge in [-0.05, 0) is 5.92 Å². The van der Waals surface area contributed by atoms with Gasteiger partial charge in [-0.25, -0.2) is 0 Å². The van der Waals surface area contributed by atoms with Gasteiger partial charge in [-0.2, -0.15) is 0 Å². The lowest BCUT2D eigenvalue weighted by Gasteiger charge is -2.14. The molecule has 0 heterocycles. The SMILES string of the molecule is [CH2]CCCCCCCCCCCCCCC(CC)CCCCCCCCCCC[CH2]. The third-order valence-electron chi connectivity index (χ3n) is 7.05. The van der Waals surface area contributed by atoms with Gasteiger partial charge in [0.25, 0.3) is 0 Å². The Morgan fingerprint density at radius 2 is 0.600 bits per heavy atom. The highest BCUT2D eigenvalue weighted by Gasteiger charge is 2.06. The van der Waals surface area contributed by atoms with Crippen LogP contribution in [0.2, 0.25) is 0 Å². The van der Waals surface area contributed by atoms with Gasteiger partial charge in [-0.15, -0.1) is 0 Å². The molecule has 0 bridgehead atoms. The van der Waals surface area contributed by atoms with E-state index in [1.54, 1.807) is 0 Å². The molecule has 0 heteroatoms. The first kappa shape index (κ1) is 30.0. The van der Waals surface area contributed by atoms with Gasteiger partial charge < -0.3 is 0 Å². The van der Waals surface area contributed by atoms with Crippen LogP contribution in [0.25, 0.3) is 0 Å². The van der Waals surface area contributed by atoms with Gasteiger partial charge in [0.2, 0.25) is 0 Å². The molecule has 0 fully saturated rings. The summed E-state index contributed by atoms with van der Waals surface area (Å²) in [4.78, 5) is 0. The molecule has 0 aliphatic carbocycles. The third-order valence-corrected chi connectivity index (χ3v) is 7.05. The standard InChI is InChI=1S/C30H60/c1-4-7-9-11-13-15-17-18-19-21-23-25-27-29-30(6-3)28-26-24-22-20-16-14-12-10-8-5-2/h30H,1-2,4-29H2,3H3. The summed E-state index contributed by atoms with van der Waals surface area (Å²) in [5, 5.41) is 0. The van der Waals surface area contributed by atoms with E-state index in [1.807, 2.05) is 0 Å². The Balaban J connectivity index is 3.26. The molecule has 0 aromatic rings. The largest absolute Gasteiger partial charge is 0.0651 e. The first-order chi connectivity index (χ1) is 14.8. The highest BCUT2D eigenvalue weighted by atomic mass is 14.1. The fourth-order valence-corrected chi connectivity index (χ4v) is 4.78. The van der Waals surface area contributed by atoms with Crippen molar-refractivity contribution in [3.05, 3.63) is 13.8 Å². The van der Waals surface area contributed by atoms with Crippen molar-refractivity contribution in [1.82, 2.24) is 0 Å². The molecule has 0 aromatic heterocycles. The van der Waals surface area contributed by atoms with Gasteiger partial charge in [-0.1, -0.05) is 188 Å². The van der Waals surface area contributed by atoms with Crippen LogP contribution in [0.5, 0.6) is 0 Å². The fourth-order valence-electron chi connectivity index (χ4n) is 4.78. The Bertz CT molecular complexity index is 282. The Labute approximate surface area is 193 Å². The Kier molecular flexibility index (Phi) is 27.0. The molecular formula is C30H60. The molecule has 0 amide bonds. The third kappa shape index (κ3) is 24.3. The summed E-state index contributed by atoms with van der Waals surface area (Å²) in [6.45, 7) is 10.3. The zero-order chi connectivity index (χ0) is 22.0. The molecule has 1 unspecified atom stereocenters. The summed E-state index contributed by atoms with van der Waals surface area (Å²) >= 11 is 0. The molecule has 0 aliphatic heterocycles. The molecule has 30 heavy (non-hydrogen) atoms. The second-order valence-corrected chi connectivity index (χ2v) is 9.98. The maximum Gasteiger partial charge on any atom is -0.0417 e. The lowest BCUT2D eigenvalue weighted by Crippen LogP contribution is -1.99. The van der Waals surface area contributed by atoms with Gasteiger partial charge in [0.15, 0.2) is 0 Å². The molecule has 0 spiro atoms. The van der Waals surface area contributed by atoms with Crippen molar-refractivity contribution in [3.63, 3.8) is 0 Å². The minimum absolute atomic E-state index is 1.01. The predicted octanol–water partition coefficient (Wildman–Crippen LogP) is 11.4. The first-order valence-corrected chi connectivity index (χ1v) is 14.4. The van der Waals surface area contributed by atoms with Gasteiger partial charge >= 0.3 is 0 Å². The minimum atomic E-state index is 1.01. The van der Waals surface area contributed by atoms with Crippen molar-refractivity contribution in [2.75, 3.05) is 0 Å². The summed E-state index contributed by atoms with van der Waals surface area (Å²) in [6.07, 6.45) is 37.1. The normalized spacial score (nSPS) is 12.5. The van der Waals surface area contributed by atoms with E-state index < -0.39 is 0 Å². The predicted molar refractivity (Wildman–Crippen MR) is 140 cm³/mol. The monoisotopic (exact) mass is 420 g/mol. The smallest absolute Gasteiger partial charge is 0.0417 e. The van der Waals surface area contributed by atoms with E-state index in [1.165, 1.54) is 154 Å². The topological polar surface area (TPSA) is 0 Å². The maximum atomic E-state index is 3.93. The number of unbranched alkanes of at least 4 members (excludes halogenated alkanes) is 21. The van der Waals surface area contributed by atoms with E-state index in [-0.39, 0.29) is 0 Å². The van der Waals surface area contributed by atoms with Crippen LogP contribution in [0, 0.1) is 19.8 Å². The zero-order valence-electron chi connectivity index (χ0n) is 21.4. The molecular weight excluding hydrogens is 360 g/mol. The molecule has 0 N–H and O–H groups in total. The molecule has 180 valence electrons. The molecule has 0 aliphatic rings. The van der Waals surface area contributed by atoms with Crippen LogP contribution in [0.3, 0.4) is 0 Å². The quantitative estimate of drug-likeness (QED) is 0.122. The molecule has 0 rings (SSSR count). The second kappa shape index (κ2) is 27.0. The molecule has 0 saturated carbocycles. The first-order valence-electron chi connectivity index (χ1n) is 14.4. The molecule has 1 atom stereocenters.